The first-order chi connectivity index (χ1) is 15.3. The lowest BCUT2D eigenvalue weighted by molar-refractivity contribution is -0.115. The van der Waals surface area contributed by atoms with Crippen LogP contribution in [0.4, 0.5) is 10.1 Å². The van der Waals surface area contributed by atoms with Gasteiger partial charge >= 0.3 is 0 Å². The Kier molecular flexibility index (Phi) is 7.74. The summed E-state index contributed by atoms with van der Waals surface area (Å²) in [5.41, 5.74) is 0.537. The highest BCUT2D eigenvalue weighted by Gasteiger charge is 2.25. The molecule has 2 aromatic carbocycles. The van der Waals surface area contributed by atoms with Crippen molar-refractivity contribution in [3.8, 4) is 11.5 Å². The van der Waals surface area contributed by atoms with Crippen molar-refractivity contribution in [1.29, 1.82) is 0 Å². The molecule has 1 aromatic heterocycles. The van der Waals surface area contributed by atoms with E-state index in [1.54, 1.807) is 14.0 Å². The zero-order valence-electron chi connectivity index (χ0n) is 18.7. The summed E-state index contributed by atoms with van der Waals surface area (Å²) in [6, 6.07) is 13.1. The molecule has 0 saturated carbocycles. The molecule has 9 heteroatoms. The average molecular weight is 459 g/mol. The Morgan fingerprint density at radius 2 is 1.75 bits per heavy atom. The van der Waals surface area contributed by atoms with Gasteiger partial charge in [0, 0.05) is 17.8 Å². The number of hydrogen-bond donors (Lipinski definition) is 1. The van der Waals surface area contributed by atoms with Crippen molar-refractivity contribution in [1.82, 2.24) is 14.8 Å². The fourth-order valence-corrected chi connectivity index (χ4v) is 4.04. The second-order valence-electron chi connectivity index (χ2n) is 7.50. The van der Waals surface area contributed by atoms with E-state index in [9.17, 15) is 9.18 Å². The third kappa shape index (κ3) is 5.79. The molecule has 3 aromatic rings. The summed E-state index contributed by atoms with van der Waals surface area (Å²) in [5, 5.41) is 11.6. The van der Waals surface area contributed by atoms with Gasteiger partial charge in [0.05, 0.1) is 12.4 Å². The summed E-state index contributed by atoms with van der Waals surface area (Å²) in [6.45, 7) is 7.75. The van der Waals surface area contributed by atoms with Crippen LogP contribution in [-0.4, -0.2) is 33.0 Å². The van der Waals surface area contributed by atoms with Crippen LogP contribution >= 0.6 is 11.8 Å². The van der Waals surface area contributed by atoms with Crippen molar-refractivity contribution >= 4 is 23.4 Å². The van der Waals surface area contributed by atoms with Gasteiger partial charge in [0.15, 0.2) is 17.1 Å². The van der Waals surface area contributed by atoms with E-state index in [1.165, 1.54) is 36.0 Å². The molecular weight excluding hydrogens is 431 g/mol. The summed E-state index contributed by atoms with van der Waals surface area (Å²) >= 11 is 1.31. The van der Waals surface area contributed by atoms with Crippen molar-refractivity contribution in [2.45, 2.75) is 50.2 Å². The van der Waals surface area contributed by atoms with Crippen molar-refractivity contribution < 1.29 is 18.7 Å². The van der Waals surface area contributed by atoms with Crippen LogP contribution in [0, 0.1) is 5.82 Å². The van der Waals surface area contributed by atoms with Crippen molar-refractivity contribution in [3.05, 3.63) is 60.2 Å². The molecule has 2 atom stereocenters. The van der Waals surface area contributed by atoms with E-state index in [2.05, 4.69) is 15.5 Å². The molecule has 0 radical (unpaired) electrons. The molecule has 0 aliphatic carbocycles. The first-order valence-electron chi connectivity index (χ1n) is 10.3. The Morgan fingerprint density at radius 3 is 2.41 bits per heavy atom. The number of benzene rings is 2. The maximum atomic E-state index is 13.1. The van der Waals surface area contributed by atoms with E-state index in [4.69, 9.17) is 9.47 Å². The zero-order valence-corrected chi connectivity index (χ0v) is 19.5. The summed E-state index contributed by atoms with van der Waals surface area (Å²) < 4.78 is 26.4. The number of carbonyl (C=O) groups is 1. The topological polar surface area (TPSA) is 78.3 Å². The Labute approximate surface area is 191 Å². The molecule has 1 heterocycles. The van der Waals surface area contributed by atoms with Gasteiger partial charge in [-0.25, -0.2) is 4.39 Å². The number of amides is 1. The summed E-state index contributed by atoms with van der Waals surface area (Å²) in [6.07, 6.45) is -0.366. The molecule has 0 fully saturated rings. The van der Waals surface area contributed by atoms with Crippen LogP contribution in [0.5, 0.6) is 11.5 Å². The largest absolute Gasteiger partial charge is 0.497 e. The Morgan fingerprint density at radius 1 is 1.06 bits per heavy atom. The van der Waals surface area contributed by atoms with E-state index < -0.39 is 5.25 Å². The highest BCUT2D eigenvalue weighted by Crippen LogP contribution is 2.30. The predicted molar refractivity (Wildman–Crippen MR) is 123 cm³/mol. The summed E-state index contributed by atoms with van der Waals surface area (Å²) in [5.74, 6) is 1.47. The number of halogens is 1. The van der Waals surface area contributed by atoms with Gasteiger partial charge in [-0.2, -0.15) is 0 Å². The molecule has 7 nitrogen and oxygen atoms in total. The monoisotopic (exact) mass is 458 g/mol. The molecule has 0 aliphatic heterocycles. The molecule has 1 amide bonds. The number of anilines is 1. The SMILES string of the molecule is COc1cccc(OC(C)c2nnc(SC(C)C(=O)Nc3ccc(F)cc3)n2C(C)C)c1. The molecule has 0 saturated heterocycles. The van der Waals surface area contributed by atoms with Gasteiger partial charge in [0.25, 0.3) is 0 Å². The van der Waals surface area contributed by atoms with Crippen molar-refractivity contribution in [2.75, 3.05) is 12.4 Å². The van der Waals surface area contributed by atoms with Crippen molar-refractivity contribution in [2.24, 2.45) is 0 Å². The standard InChI is InChI=1S/C23H27FN4O3S/c1-14(2)28-21(15(3)31-20-8-6-7-19(13-20)30-5)26-27-23(28)32-16(4)22(29)25-18-11-9-17(24)10-12-18/h6-16H,1-5H3,(H,25,29). The average Bonchev–Trinajstić information content (AvgIpc) is 3.19. The lowest BCUT2D eigenvalue weighted by Gasteiger charge is -2.20. The molecule has 1 N–H and O–H groups in total. The maximum Gasteiger partial charge on any atom is 0.237 e. The van der Waals surface area contributed by atoms with Gasteiger partial charge in [-0.3, -0.25) is 4.79 Å². The van der Waals surface area contributed by atoms with Gasteiger partial charge in [0.2, 0.25) is 5.91 Å². The predicted octanol–water partition coefficient (Wildman–Crippen LogP) is 5.27. The Bertz CT molecular complexity index is 1060. The molecule has 0 bridgehead atoms. The van der Waals surface area contributed by atoms with E-state index in [0.29, 0.717) is 28.2 Å². The highest BCUT2D eigenvalue weighted by molar-refractivity contribution is 8.00. The minimum Gasteiger partial charge on any atom is -0.497 e. The number of aromatic nitrogens is 3. The second kappa shape index (κ2) is 10.5. The van der Waals surface area contributed by atoms with Crippen LogP contribution in [0.2, 0.25) is 0 Å². The van der Waals surface area contributed by atoms with E-state index in [-0.39, 0.29) is 23.9 Å². The molecule has 3 rings (SSSR count). The van der Waals surface area contributed by atoms with Crippen LogP contribution in [-0.2, 0) is 4.79 Å². The van der Waals surface area contributed by atoms with Gasteiger partial charge in [-0.05, 0) is 64.1 Å². The molecule has 32 heavy (non-hydrogen) atoms. The number of carbonyl (C=O) groups excluding carboxylic acids is 1. The van der Waals surface area contributed by atoms with Crippen LogP contribution in [0.25, 0.3) is 0 Å². The van der Waals surface area contributed by atoms with E-state index in [1.807, 2.05) is 49.6 Å². The zero-order chi connectivity index (χ0) is 23.3. The van der Waals surface area contributed by atoms with Crippen LogP contribution in [0.15, 0.2) is 53.7 Å². The quantitative estimate of drug-likeness (QED) is 0.441. The van der Waals surface area contributed by atoms with Crippen LogP contribution in [0.3, 0.4) is 0 Å². The number of rotatable bonds is 9. The first kappa shape index (κ1) is 23.6. The first-order valence-corrected chi connectivity index (χ1v) is 11.1. The second-order valence-corrected chi connectivity index (χ2v) is 8.81. The number of hydrogen-bond acceptors (Lipinski definition) is 6. The van der Waals surface area contributed by atoms with Gasteiger partial charge in [-0.1, -0.05) is 17.8 Å². The number of nitrogens with one attached hydrogen (secondary N) is 1. The third-order valence-corrected chi connectivity index (χ3v) is 5.74. The Balaban J connectivity index is 1.73. The molecule has 170 valence electrons. The summed E-state index contributed by atoms with van der Waals surface area (Å²) in [4.78, 5) is 12.6. The van der Waals surface area contributed by atoms with E-state index >= 15 is 0 Å². The number of ether oxygens (including phenoxy) is 2. The number of methoxy groups -OCH3 is 1. The molecule has 0 aliphatic rings. The van der Waals surface area contributed by atoms with Crippen LogP contribution < -0.4 is 14.8 Å². The van der Waals surface area contributed by atoms with Crippen molar-refractivity contribution in [3.63, 3.8) is 0 Å². The Hall–Kier alpha value is -3.07. The molecule has 2 unspecified atom stereocenters. The van der Waals surface area contributed by atoms with E-state index in [0.717, 1.165) is 0 Å². The molecule has 0 spiro atoms. The van der Waals surface area contributed by atoms with Gasteiger partial charge in [0.1, 0.15) is 17.3 Å². The summed E-state index contributed by atoms with van der Waals surface area (Å²) in [7, 11) is 1.61. The van der Waals surface area contributed by atoms with Gasteiger partial charge in [-0.15, -0.1) is 10.2 Å². The maximum absolute atomic E-state index is 13.1. The minimum absolute atomic E-state index is 0.0613. The highest BCUT2D eigenvalue weighted by atomic mass is 32.2. The number of thioether (sulfide) groups is 1. The van der Waals surface area contributed by atoms with Gasteiger partial charge < -0.3 is 19.4 Å². The van der Waals surface area contributed by atoms with Crippen LogP contribution in [0.1, 0.15) is 45.7 Å². The fourth-order valence-electron chi connectivity index (χ4n) is 3.05. The fraction of sp³-hybridized carbons (Fsp3) is 0.348. The number of nitrogens with zero attached hydrogens (tertiary/aromatic N) is 3. The normalized spacial score (nSPS) is 13.0. The molecular formula is C23H27FN4O3S. The smallest absolute Gasteiger partial charge is 0.237 e. The third-order valence-electron chi connectivity index (χ3n) is 4.69. The lowest BCUT2D eigenvalue weighted by atomic mass is 10.3. The lowest BCUT2D eigenvalue weighted by Crippen LogP contribution is -2.23. The minimum atomic E-state index is -0.441.